The summed E-state index contributed by atoms with van der Waals surface area (Å²) in [6.07, 6.45) is 1.63. The highest BCUT2D eigenvalue weighted by Gasteiger charge is 2.33. The first-order chi connectivity index (χ1) is 12.8. The molecule has 0 saturated heterocycles. The van der Waals surface area contributed by atoms with E-state index < -0.39 is 16.0 Å². The molecule has 10 heteroatoms. The molecule has 8 nitrogen and oxygen atoms in total. The van der Waals surface area contributed by atoms with E-state index in [0.29, 0.717) is 17.3 Å². The Morgan fingerprint density at radius 1 is 1.33 bits per heavy atom. The van der Waals surface area contributed by atoms with Gasteiger partial charge in [0.1, 0.15) is 0 Å². The highest BCUT2D eigenvalue weighted by Crippen LogP contribution is 2.42. The topological polar surface area (TPSA) is 105 Å². The average Bonchev–Trinajstić information content (AvgIpc) is 2.99. The molecule has 0 atom stereocenters. The number of anilines is 1. The van der Waals surface area contributed by atoms with Gasteiger partial charge >= 0.3 is 5.97 Å². The molecular formula is C17H21N3O5S2. The standard InChI is InChI=1S/C17H21N3O5S2/c1-3-12(4-2)18-15(21)10-25-16(22)11-5-6-13-14(9-11)26-17-19-27(23,24)8-7-20(13)17/h5-6,9,12H,3-4,7-8,10H2,1-2H3,(H,18,21). The molecule has 1 aromatic rings. The molecule has 1 aromatic carbocycles. The number of esters is 1. The quantitative estimate of drug-likeness (QED) is 0.711. The fourth-order valence-corrected chi connectivity index (χ4v) is 5.13. The van der Waals surface area contributed by atoms with Crippen molar-refractivity contribution in [2.24, 2.45) is 4.40 Å². The number of amidine groups is 1. The van der Waals surface area contributed by atoms with Crippen LogP contribution in [0.2, 0.25) is 0 Å². The van der Waals surface area contributed by atoms with Gasteiger partial charge in [0.2, 0.25) is 0 Å². The number of carbonyl (C=O) groups is 2. The van der Waals surface area contributed by atoms with Gasteiger partial charge in [0.15, 0.2) is 11.8 Å². The Morgan fingerprint density at radius 2 is 2.07 bits per heavy atom. The zero-order valence-electron chi connectivity index (χ0n) is 15.1. The van der Waals surface area contributed by atoms with Crippen LogP contribution in [0.15, 0.2) is 27.5 Å². The number of amides is 1. The van der Waals surface area contributed by atoms with Gasteiger partial charge < -0.3 is 15.0 Å². The maximum Gasteiger partial charge on any atom is 0.338 e. The van der Waals surface area contributed by atoms with Crippen LogP contribution in [-0.2, 0) is 19.6 Å². The smallest absolute Gasteiger partial charge is 0.338 e. The van der Waals surface area contributed by atoms with Crippen LogP contribution in [0.3, 0.4) is 0 Å². The Bertz CT molecular complexity index is 894. The number of sulfonamides is 1. The van der Waals surface area contributed by atoms with Crippen LogP contribution in [0.4, 0.5) is 5.69 Å². The summed E-state index contributed by atoms with van der Waals surface area (Å²) in [7, 11) is -3.42. The van der Waals surface area contributed by atoms with Gasteiger partial charge in [-0.2, -0.15) is 0 Å². The second kappa shape index (κ2) is 7.89. The van der Waals surface area contributed by atoms with Gasteiger partial charge in [-0.25, -0.2) is 13.2 Å². The molecule has 0 bridgehead atoms. The molecular weight excluding hydrogens is 390 g/mol. The SMILES string of the molecule is CCC(CC)NC(=O)COC(=O)c1ccc2c(c1)SC1=NS(=O)(=O)CCN12. The number of carbonyl (C=O) groups excluding carboxylic acids is 2. The second-order valence-corrected chi connectivity index (χ2v) is 9.02. The minimum absolute atomic E-state index is 0.0358. The number of hydrogen-bond donors (Lipinski definition) is 1. The zero-order chi connectivity index (χ0) is 19.6. The van der Waals surface area contributed by atoms with Crippen LogP contribution in [0, 0.1) is 0 Å². The van der Waals surface area contributed by atoms with E-state index in [1.54, 1.807) is 18.2 Å². The normalized spacial score (nSPS) is 17.1. The zero-order valence-corrected chi connectivity index (χ0v) is 16.7. The highest BCUT2D eigenvalue weighted by atomic mass is 32.2. The van der Waals surface area contributed by atoms with Crippen LogP contribution in [-0.4, -0.2) is 50.4 Å². The number of ether oxygens (including phenoxy) is 1. The van der Waals surface area contributed by atoms with Gasteiger partial charge in [-0.1, -0.05) is 13.8 Å². The van der Waals surface area contributed by atoms with Crippen LogP contribution in [0.1, 0.15) is 37.0 Å². The number of rotatable bonds is 6. The lowest BCUT2D eigenvalue weighted by atomic mass is 10.2. The summed E-state index contributed by atoms with van der Waals surface area (Å²) in [5.41, 5.74) is 1.12. The summed E-state index contributed by atoms with van der Waals surface area (Å²) in [5, 5.41) is 3.20. The fourth-order valence-electron chi connectivity index (χ4n) is 2.83. The molecule has 0 unspecified atom stereocenters. The molecule has 0 spiro atoms. The third kappa shape index (κ3) is 4.44. The molecule has 2 heterocycles. The summed E-state index contributed by atoms with van der Waals surface area (Å²) in [5.74, 6) is -0.965. The van der Waals surface area contributed by atoms with E-state index in [1.807, 2.05) is 18.7 Å². The van der Waals surface area contributed by atoms with E-state index in [1.165, 1.54) is 11.8 Å². The molecule has 0 aromatic heterocycles. The van der Waals surface area contributed by atoms with Crippen LogP contribution in [0.25, 0.3) is 0 Å². The van der Waals surface area contributed by atoms with Gasteiger partial charge in [0.05, 0.1) is 17.0 Å². The van der Waals surface area contributed by atoms with Crippen molar-refractivity contribution in [1.29, 1.82) is 0 Å². The molecule has 2 aliphatic rings. The molecule has 0 radical (unpaired) electrons. The Kier molecular flexibility index (Phi) is 5.75. The monoisotopic (exact) mass is 411 g/mol. The largest absolute Gasteiger partial charge is 0.452 e. The molecule has 3 rings (SSSR count). The summed E-state index contributed by atoms with van der Waals surface area (Å²) < 4.78 is 32.2. The molecule has 0 aliphatic carbocycles. The Morgan fingerprint density at radius 3 is 2.78 bits per heavy atom. The summed E-state index contributed by atoms with van der Waals surface area (Å²) in [6, 6.07) is 5.05. The lowest BCUT2D eigenvalue weighted by Crippen LogP contribution is -2.36. The molecule has 1 amide bonds. The van der Waals surface area contributed by atoms with Crippen molar-refractivity contribution in [3.05, 3.63) is 23.8 Å². The number of hydrogen-bond acceptors (Lipinski definition) is 7. The highest BCUT2D eigenvalue weighted by molar-refractivity contribution is 8.15. The molecule has 146 valence electrons. The number of nitrogens with one attached hydrogen (secondary N) is 1. The molecule has 0 fully saturated rings. The Hall–Kier alpha value is -2.07. The van der Waals surface area contributed by atoms with Crippen LogP contribution in [0.5, 0.6) is 0 Å². The average molecular weight is 412 g/mol. The van der Waals surface area contributed by atoms with Crippen molar-refractivity contribution in [2.45, 2.75) is 37.6 Å². The maximum atomic E-state index is 12.2. The Labute approximate surface area is 162 Å². The molecule has 0 saturated carbocycles. The number of fused-ring (bicyclic) bond motifs is 3. The predicted octanol–water partition coefficient (Wildman–Crippen LogP) is 1.76. The summed E-state index contributed by atoms with van der Waals surface area (Å²) >= 11 is 1.20. The number of thioether (sulfide) groups is 1. The van der Waals surface area contributed by atoms with Gasteiger partial charge in [0.25, 0.3) is 15.9 Å². The summed E-state index contributed by atoms with van der Waals surface area (Å²) in [6.45, 7) is 3.95. The van der Waals surface area contributed by atoms with Crippen molar-refractivity contribution in [1.82, 2.24) is 5.32 Å². The molecule has 1 N–H and O–H groups in total. The van der Waals surface area contributed by atoms with E-state index in [4.69, 9.17) is 4.74 Å². The lowest BCUT2D eigenvalue weighted by Gasteiger charge is -2.22. The van der Waals surface area contributed by atoms with Crippen LogP contribution < -0.4 is 10.2 Å². The van der Waals surface area contributed by atoms with Gasteiger partial charge in [-0.05, 0) is 42.8 Å². The van der Waals surface area contributed by atoms with Gasteiger partial charge in [-0.3, -0.25) is 4.79 Å². The van der Waals surface area contributed by atoms with Crippen LogP contribution >= 0.6 is 11.8 Å². The first-order valence-corrected chi connectivity index (χ1v) is 11.1. The third-order valence-corrected chi connectivity index (χ3v) is 6.70. The first kappa shape index (κ1) is 19.7. The predicted molar refractivity (Wildman–Crippen MR) is 104 cm³/mol. The third-order valence-electron chi connectivity index (χ3n) is 4.39. The minimum atomic E-state index is -3.42. The van der Waals surface area contributed by atoms with Crippen molar-refractivity contribution in [3.8, 4) is 0 Å². The van der Waals surface area contributed by atoms with E-state index >= 15 is 0 Å². The number of benzene rings is 1. The van der Waals surface area contributed by atoms with E-state index in [0.717, 1.165) is 23.4 Å². The first-order valence-electron chi connectivity index (χ1n) is 8.71. The van der Waals surface area contributed by atoms with Crippen molar-refractivity contribution in [2.75, 3.05) is 23.8 Å². The Balaban J connectivity index is 1.65. The van der Waals surface area contributed by atoms with E-state index in [2.05, 4.69) is 9.71 Å². The summed E-state index contributed by atoms with van der Waals surface area (Å²) in [4.78, 5) is 26.7. The van der Waals surface area contributed by atoms with Crippen molar-refractivity contribution in [3.63, 3.8) is 0 Å². The van der Waals surface area contributed by atoms with E-state index in [-0.39, 0.29) is 24.3 Å². The number of nitrogens with zero attached hydrogens (tertiary/aromatic N) is 2. The van der Waals surface area contributed by atoms with Gasteiger partial charge in [-0.15, -0.1) is 4.40 Å². The molecule has 27 heavy (non-hydrogen) atoms. The second-order valence-electron chi connectivity index (χ2n) is 6.25. The molecule has 2 aliphatic heterocycles. The minimum Gasteiger partial charge on any atom is -0.452 e. The maximum absolute atomic E-state index is 12.2. The van der Waals surface area contributed by atoms with Crippen molar-refractivity contribution < 1.29 is 22.7 Å². The van der Waals surface area contributed by atoms with E-state index in [9.17, 15) is 18.0 Å². The van der Waals surface area contributed by atoms with Crippen molar-refractivity contribution >= 4 is 44.5 Å². The lowest BCUT2D eigenvalue weighted by molar-refractivity contribution is -0.125. The fraction of sp³-hybridized carbons (Fsp3) is 0.471. The van der Waals surface area contributed by atoms with Gasteiger partial charge in [0, 0.05) is 17.5 Å².